The van der Waals surface area contributed by atoms with Crippen molar-refractivity contribution in [1.82, 2.24) is 9.78 Å². The van der Waals surface area contributed by atoms with Crippen molar-refractivity contribution in [2.45, 2.75) is 6.54 Å². The fourth-order valence-corrected chi connectivity index (χ4v) is 1.43. The van der Waals surface area contributed by atoms with Crippen LogP contribution in [0.5, 0.6) is 5.75 Å². The van der Waals surface area contributed by atoms with Crippen LogP contribution in [-0.4, -0.2) is 16.4 Å². The molecule has 0 fully saturated rings. The van der Waals surface area contributed by atoms with E-state index in [-0.39, 0.29) is 0 Å². The van der Waals surface area contributed by atoms with Crippen LogP contribution in [0.4, 0.5) is 0 Å². The van der Waals surface area contributed by atoms with Crippen LogP contribution >= 0.6 is 0 Å². The first kappa shape index (κ1) is 10.5. The monoisotopic (exact) mass is 214 g/mol. The molecule has 1 heterocycles. The summed E-state index contributed by atoms with van der Waals surface area (Å²) in [4.78, 5) is 0. The highest BCUT2D eigenvalue weighted by atomic mass is 16.5. The topological polar surface area (TPSA) is 27.1 Å². The number of rotatable bonds is 5. The second kappa shape index (κ2) is 5.16. The molecule has 0 bridgehead atoms. The molecular weight excluding hydrogens is 200 g/mol. The highest BCUT2D eigenvalue weighted by molar-refractivity contribution is 5.17. The smallest absolute Gasteiger partial charge is 0.157 e. The SMILES string of the molecule is C=CCOc1cnn(Cc2ccccc2)c1. The average Bonchev–Trinajstić information content (AvgIpc) is 2.75. The van der Waals surface area contributed by atoms with Crippen LogP contribution in [0.2, 0.25) is 0 Å². The average molecular weight is 214 g/mol. The highest BCUT2D eigenvalue weighted by Crippen LogP contribution is 2.10. The quantitative estimate of drug-likeness (QED) is 0.715. The van der Waals surface area contributed by atoms with Gasteiger partial charge in [0.15, 0.2) is 5.75 Å². The molecule has 2 aromatic rings. The van der Waals surface area contributed by atoms with E-state index in [9.17, 15) is 0 Å². The maximum Gasteiger partial charge on any atom is 0.157 e. The van der Waals surface area contributed by atoms with Gasteiger partial charge >= 0.3 is 0 Å². The standard InChI is InChI=1S/C13H14N2O/c1-2-8-16-13-9-14-15(11-13)10-12-6-4-3-5-7-12/h2-7,9,11H,1,8,10H2. The van der Waals surface area contributed by atoms with Crippen molar-refractivity contribution in [3.05, 3.63) is 60.9 Å². The van der Waals surface area contributed by atoms with Gasteiger partial charge in [0.1, 0.15) is 6.61 Å². The lowest BCUT2D eigenvalue weighted by molar-refractivity contribution is 0.362. The molecule has 3 heteroatoms. The van der Waals surface area contributed by atoms with Crippen LogP contribution in [0.1, 0.15) is 5.56 Å². The van der Waals surface area contributed by atoms with E-state index >= 15 is 0 Å². The Balaban J connectivity index is 2.00. The van der Waals surface area contributed by atoms with E-state index < -0.39 is 0 Å². The van der Waals surface area contributed by atoms with Gasteiger partial charge < -0.3 is 4.74 Å². The molecule has 82 valence electrons. The van der Waals surface area contributed by atoms with E-state index in [0.29, 0.717) is 6.61 Å². The predicted molar refractivity (Wildman–Crippen MR) is 63.5 cm³/mol. The number of hydrogen-bond donors (Lipinski definition) is 0. The number of benzene rings is 1. The van der Waals surface area contributed by atoms with Crippen LogP contribution in [0.3, 0.4) is 0 Å². The third kappa shape index (κ3) is 2.73. The molecule has 0 atom stereocenters. The van der Waals surface area contributed by atoms with Gasteiger partial charge in [0.2, 0.25) is 0 Å². The maximum atomic E-state index is 5.37. The zero-order valence-electron chi connectivity index (χ0n) is 9.04. The van der Waals surface area contributed by atoms with Gasteiger partial charge in [0.25, 0.3) is 0 Å². The van der Waals surface area contributed by atoms with Gasteiger partial charge in [-0.2, -0.15) is 5.10 Å². The van der Waals surface area contributed by atoms with Crippen LogP contribution in [0.25, 0.3) is 0 Å². The second-order valence-electron chi connectivity index (χ2n) is 3.46. The molecule has 0 N–H and O–H groups in total. The molecule has 0 radical (unpaired) electrons. The lowest BCUT2D eigenvalue weighted by Crippen LogP contribution is -1.99. The molecule has 0 aliphatic rings. The van der Waals surface area contributed by atoms with Crippen molar-refractivity contribution >= 4 is 0 Å². The van der Waals surface area contributed by atoms with Gasteiger partial charge in [0.05, 0.1) is 18.9 Å². The van der Waals surface area contributed by atoms with Gasteiger partial charge in [-0.1, -0.05) is 43.0 Å². The number of aromatic nitrogens is 2. The third-order valence-electron chi connectivity index (χ3n) is 2.16. The molecule has 1 aromatic carbocycles. The molecule has 0 unspecified atom stereocenters. The lowest BCUT2D eigenvalue weighted by atomic mass is 10.2. The van der Waals surface area contributed by atoms with Crippen LogP contribution in [0.15, 0.2) is 55.4 Å². The molecule has 2 rings (SSSR count). The van der Waals surface area contributed by atoms with Gasteiger partial charge in [-0.25, -0.2) is 0 Å². The summed E-state index contributed by atoms with van der Waals surface area (Å²) in [6.45, 7) is 4.87. The Labute approximate surface area is 95.0 Å². The fraction of sp³-hybridized carbons (Fsp3) is 0.154. The summed E-state index contributed by atoms with van der Waals surface area (Å²) >= 11 is 0. The molecule has 3 nitrogen and oxygen atoms in total. The van der Waals surface area contributed by atoms with Crippen LogP contribution in [-0.2, 0) is 6.54 Å². The van der Waals surface area contributed by atoms with Crippen molar-refractivity contribution in [3.63, 3.8) is 0 Å². The van der Waals surface area contributed by atoms with Crippen molar-refractivity contribution in [2.24, 2.45) is 0 Å². The number of nitrogens with zero attached hydrogens (tertiary/aromatic N) is 2. The minimum absolute atomic E-state index is 0.511. The molecule has 0 amide bonds. The molecule has 1 aromatic heterocycles. The van der Waals surface area contributed by atoms with Gasteiger partial charge in [-0.3, -0.25) is 4.68 Å². The third-order valence-corrected chi connectivity index (χ3v) is 2.16. The van der Waals surface area contributed by atoms with Crippen molar-refractivity contribution in [2.75, 3.05) is 6.61 Å². The summed E-state index contributed by atoms with van der Waals surface area (Å²) in [6.07, 6.45) is 5.32. The highest BCUT2D eigenvalue weighted by Gasteiger charge is 1.99. The molecule has 0 aliphatic carbocycles. The minimum atomic E-state index is 0.511. The molecule has 0 saturated carbocycles. The van der Waals surface area contributed by atoms with E-state index in [1.807, 2.05) is 29.1 Å². The summed E-state index contributed by atoms with van der Waals surface area (Å²) < 4.78 is 7.23. The zero-order valence-corrected chi connectivity index (χ0v) is 9.04. The normalized spacial score (nSPS) is 10.0. The minimum Gasteiger partial charge on any atom is -0.486 e. The summed E-state index contributed by atoms with van der Waals surface area (Å²) in [6, 6.07) is 10.2. The van der Waals surface area contributed by atoms with E-state index in [2.05, 4.69) is 23.8 Å². The Morgan fingerprint density at radius 2 is 2.12 bits per heavy atom. The fourth-order valence-electron chi connectivity index (χ4n) is 1.43. The van der Waals surface area contributed by atoms with Crippen LogP contribution < -0.4 is 4.74 Å². The van der Waals surface area contributed by atoms with E-state index in [0.717, 1.165) is 12.3 Å². The first-order valence-electron chi connectivity index (χ1n) is 5.18. The Morgan fingerprint density at radius 1 is 1.31 bits per heavy atom. The Bertz CT molecular complexity index is 448. The van der Waals surface area contributed by atoms with Crippen molar-refractivity contribution < 1.29 is 4.74 Å². The van der Waals surface area contributed by atoms with E-state index in [1.54, 1.807) is 12.3 Å². The second-order valence-corrected chi connectivity index (χ2v) is 3.46. The van der Waals surface area contributed by atoms with Crippen molar-refractivity contribution in [1.29, 1.82) is 0 Å². The van der Waals surface area contributed by atoms with Crippen LogP contribution in [0, 0.1) is 0 Å². The Hall–Kier alpha value is -2.03. The first-order valence-corrected chi connectivity index (χ1v) is 5.18. The lowest BCUT2D eigenvalue weighted by Gasteiger charge is -2.00. The molecule has 0 saturated heterocycles. The largest absolute Gasteiger partial charge is 0.486 e. The Kier molecular flexibility index (Phi) is 3.38. The zero-order chi connectivity index (χ0) is 11.2. The molecular formula is C13H14N2O. The summed E-state index contributed by atoms with van der Waals surface area (Å²) in [7, 11) is 0. The maximum absolute atomic E-state index is 5.37. The predicted octanol–water partition coefficient (Wildman–Crippen LogP) is 2.50. The van der Waals surface area contributed by atoms with E-state index in [4.69, 9.17) is 4.74 Å². The number of hydrogen-bond acceptors (Lipinski definition) is 2. The molecule has 16 heavy (non-hydrogen) atoms. The molecule has 0 aliphatic heterocycles. The van der Waals surface area contributed by atoms with Gasteiger partial charge in [0, 0.05) is 0 Å². The molecule has 0 spiro atoms. The summed E-state index contributed by atoms with van der Waals surface area (Å²) in [5, 5.41) is 4.22. The Morgan fingerprint density at radius 3 is 2.88 bits per heavy atom. The van der Waals surface area contributed by atoms with Gasteiger partial charge in [-0.05, 0) is 5.56 Å². The van der Waals surface area contributed by atoms with Gasteiger partial charge in [-0.15, -0.1) is 0 Å². The summed E-state index contributed by atoms with van der Waals surface area (Å²) in [5.74, 6) is 0.774. The van der Waals surface area contributed by atoms with Crippen molar-refractivity contribution in [3.8, 4) is 5.75 Å². The number of ether oxygens (including phenoxy) is 1. The van der Waals surface area contributed by atoms with E-state index in [1.165, 1.54) is 5.56 Å². The first-order chi connectivity index (χ1) is 7.88. The summed E-state index contributed by atoms with van der Waals surface area (Å²) in [5.41, 5.74) is 1.22.